The summed E-state index contributed by atoms with van der Waals surface area (Å²) in [4.78, 5) is 0. The van der Waals surface area contributed by atoms with Crippen LogP contribution in [0.2, 0.25) is 0 Å². The standard InChI is InChI=1S/C27H20F4O3/c1-32-19-8-3-16(4-9-19)21-12-13-22(26(30)25(21)29)17-5-10-20(11-6-17)34-15-18-7-14-23(33-2)27(31)24(18)28/h3-14H,15H2,1-2H3. The van der Waals surface area contributed by atoms with Crippen molar-refractivity contribution in [3.05, 3.63) is 102 Å². The minimum atomic E-state index is -1.09. The zero-order valence-corrected chi connectivity index (χ0v) is 18.4. The molecule has 0 radical (unpaired) electrons. The van der Waals surface area contributed by atoms with Crippen LogP contribution in [0.25, 0.3) is 22.3 Å². The minimum absolute atomic E-state index is 0.0182. The highest BCUT2D eigenvalue weighted by Gasteiger charge is 2.17. The Morgan fingerprint density at radius 3 is 1.56 bits per heavy atom. The van der Waals surface area contributed by atoms with Crippen molar-refractivity contribution in [2.24, 2.45) is 0 Å². The highest BCUT2D eigenvalue weighted by atomic mass is 19.2. The van der Waals surface area contributed by atoms with Gasteiger partial charge in [-0.15, -0.1) is 0 Å². The number of ether oxygens (including phenoxy) is 3. The third-order valence-electron chi connectivity index (χ3n) is 5.39. The quantitative estimate of drug-likeness (QED) is 0.269. The van der Waals surface area contributed by atoms with E-state index in [9.17, 15) is 17.6 Å². The molecule has 0 unspecified atom stereocenters. The Bertz CT molecular complexity index is 1300. The van der Waals surface area contributed by atoms with E-state index in [-0.39, 0.29) is 29.0 Å². The fourth-order valence-corrected chi connectivity index (χ4v) is 3.50. The van der Waals surface area contributed by atoms with Gasteiger partial charge in [0.1, 0.15) is 18.1 Å². The average molecular weight is 468 g/mol. The fourth-order valence-electron chi connectivity index (χ4n) is 3.50. The molecule has 4 aromatic carbocycles. The van der Waals surface area contributed by atoms with Gasteiger partial charge in [0.05, 0.1) is 14.2 Å². The van der Waals surface area contributed by atoms with Gasteiger partial charge < -0.3 is 14.2 Å². The maximum atomic E-state index is 14.9. The Morgan fingerprint density at radius 1 is 0.529 bits per heavy atom. The van der Waals surface area contributed by atoms with Gasteiger partial charge in [0.2, 0.25) is 5.82 Å². The minimum Gasteiger partial charge on any atom is -0.497 e. The molecule has 34 heavy (non-hydrogen) atoms. The molecule has 3 nitrogen and oxygen atoms in total. The molecule has 0 aliphatic heterocycles. The van der Waals surface area contributed by atoms with E-state index in [1.807, 2.05) is 0 Å². The van der Waals surface area contributed by atoms with E-state index in [0.29, 0.717) is 22.6 Å². The number of methoxy groups -OCH3 is 2. The summed E-state index contributed by atoms with van der Waals surface area (Å²) >= 11 is 0. The molecule has 0 fully saturated rings. The maximum absolute atomic E-state index is 14.9. The second kappa shape index (κ2) is 9.87. The molecule has 0 bridgehead atoms. The molecule has 0 aliphatic rings. The SMILES string of the molecule is COc1ccc(-c2ccc(-c3ccc(OCc4ccc(OC)c(F)c4F)cc3)c(F)c2F)cc1. The number of rotatable bonds is 7. The monoisotopic (exact) mass is 468 g/mol. The van der Waals surface area contributed by atoms with Crippen molar-refractivity contribution in [2.75, 3.05) is 14.2 Å². The summed E-state index contributed by atoms with van der Waals surface area (Å²) < 4.78 is 73.0. The van der Waals surface area contributed by atoms with Crippen molar-refractivity contribution in [3.8, 4) is 39.5 Å². The van der Waals surface area contributed by atoms with E-state index in [4.69, 9.17) is 14.2 Å². The van der Waals surface area contributed by atoms with Crippen molar-refractivity contribution in [3.63, 3.8) is 0 Å². The van der Waals surface area contributed by atoms with Crippen molar-refractivity contribution in [1.82, 2.24) is 0 Å². The Kier molecular flexibility index (Phi) is 6.72. The first-order valence-electron chi connectivity index (χ1n) is 10.3. The Morgan fingerprint density at radius 2 is 1.06 bits per heavy atom. The van der Waals surface area contributed by atoms with Crippen LogP contribution in [0.4, 0.5) is 17.6 Å². The zero-order chi connectivity index (χ0) is 24.2. The Hall–Kier alpha value is -4.00. The number of hydrogen-bond donors (Lipinski definition) is 0. The van der Waals surface area contributed by atoms with Gasteiger partial charge in [0, 0.05) is 16.7 Å². The van der Waals surface area contributed by atoms with Crippen molar-refractivity contribution < 1.29 is 31.8 Å². The van der Waals surface area contributed by atoms with Gasteiger partial charge in [0.25, 0.3) is 0 Å². The largest absolute Gasteiger partial charge is 0.497 e. The first-order valence-corrected chi connectivity index (χ1v) is 10.3. The predicted octanol–water partition coefficient (Wildman–Crippen LogP) is 7.17. The lowest BCUT2D eigenvalue weighted by atomic mass is 9.98. The van der Waals surface area contributed by atoms with Crippen LogP contribution in [0.5, 0.6) is 17.2 Å². The molecule has 0 N–H and O–H groups in total. The molecule has 0 saturated carbocycles. The first kappa shape index (κ1) is 23.2. The average Bonchev–Trinajstić information content (AvgIpc) is 2.87. The maximum Gasteiger partial charge on any atom is 0.201 e. The lowest BCUT2D eigenvalue weighted by molar-refractivity contribution is 0.294. The molecule has 0 spiro atoms. The molecule has 0 atom stereocenters. The van der Waals surface area contributed by atoms with Gasteiger partial charge in [-0.3, -0.25) is 0 Å². The van der Waals surface area contributed by atoms with Crippen LogP contribution in [0.15, 0.2) is 72.8 Å². The summed E-state index contributed by atoms with van der Waals surface area (Å²) in [7, 11) is 2.77. The second-order valence-electron chi connectivity index (χ2n) is 7.39. The van der Waals surface area contributed by atoms with Gasteiger partial charge in [0.15, 0.2) is 23.2 Å². The summed E-state index contributed by atoms with van der Waals surface area (Å²) in [6.07, 6.45) is 0. The van der Waals surface area contributed by atoms with Crippen LogP contribution < -0.4 is 14.2 Å². The Labute approximate surface area is 194 Å². The van der Waals surface area contributed by atoms with Gasteiger partial charge in [-0.1, -0.05) is 36.4 Å². The van der Waals surface area contributed by atoms with Crippen LogP contribution in [-0.4, -0.2) is 14.2 Å². The van der Waals surface area contributed by atoms with Crippen molar-refractivity contribution in [1.29, 1.82) is 0 Å². The molecule has 0 heterocycles. The zero-order valence-electron chi connectivity index (χ0n) is 18.4. The lowest BCUT2D eigenvalue weighted by Gasteiger charge is -2.12. The molecule has 4 rings (SSSR count). The second-order valence-corrected chi connectivity index (χ2v) is 7.39. The van der Waals surface area contributed by atoms with Gasteiger partial charge in [-0.05, 0) is 47.5 Å². The Balaban J connectivity index is 1.51. The van der Waals surface area contributed by atoms with Crippen molar-refractivity contribution in [2.45, 2.75) is 6.61 Å². The van der Waals surface area contributed by atoms with E-state index in [0.717, 1.165) is 0 Å². The van der Waals surface area contributed by atoms with Crippen LogP contribution in [0, 0.1) is 23.3 Å². The van der Waals surface area contributed by atoms with E-state index in [1.54, 1.807) is 48.5 Å². The summed E-state index contributed by atoms with van der Waals surface area (Å²) in [6, 6.07) is 18.6. The van der Waals surface area contributed by atoms with Crippen LogP contribution in [-0.2, 0) is 6.61 Å². The van der Waals surface area contributed by atoms with E-state index in [2.05, 4.69) is 0 Å². The first-order chi connectivity index (χ1) is 16.4. The van der Waals surface area contributed by atoms with Crippen molar-refractivity contribution >= 4 is 0 Å². The summed E-state index contributed by atoms with van der Waals surface area (Å²) in [5.74, 6) is -3.30. The van der Waals surface area contributed by atoms with Gasteiger partial charge >= 0.3 is 0 Å². The highest BCUT2D eigenvalue weighted by molar-refractivity contribution is 5.72. The molecule has 0 saturated heterocycles. The third-order valence-corrected chi connectivity index (χ3v) is 5.39. The van der Waals surface area contributed by atoms with E-state index in [1.165, 1.54) is 38.5 Å². The number of hydrogen-bond acceptors (Lipinski definition) is 3. The molecule has 0 amide bonds. The molecular weight excluding hydrogens is 448 g/mol. The predicted molar refractivity (Wildman–Crippen MR) is 121 cm³/mol. The molecular formula is C27H20F4O3. The lowest BCUT2D eigenvalue weighted by Crippen LogP contribution is -2.02. The smallest absolute Gasteiger partial charge is 0.201 e. The summed E-state index contributed by atoms with van der Waals surface area (Å²) in [5.41, 5.74) is 1.20. The van der Waals surface area contributed by atoms with Crippen LogP contribution in [0.1, 0.15) is 5.56 Å². The normalized spacial score (nSPS) is 10.8. The molecule has 0 aliphatic carbocycles. The fraction of sp³-hybridized carbons (Fsp3) is 0.111. The van der Waals surface area contributed by atoms with Gasteiger partial charge in [-0.25, -0.2) is 13.2 Å². The topological polar surface area (TPSA) is 27.7 Å². The molecule has 0 aromatic heterocycles. The summed E-state index contributed by atoms with van der Waals surface area (Å²) in [6.45, 7) is -0.217. The van der Waals surface area contributed by atoms with Crippen LogP contribution >= 0.6 is 0 Å². The van der Waals surface area contributed by atoms with Gasteiger partial charge in [-0.2, -0.15) is 4.39 Å². The number of halogens is 4. The number of benzene rings is 4. The molecule has 4 aromatic rings. The highest BCUT2D eigenvalue weighted by Crippen LogP contribution is 2.33. The third kappa shape index (κ3) is 4.55. The van der Waals surface area contributed by atoms with E-state index >= 15 is 0 Å². The molecule has 7 heteroatoms. The van der Waals surface area contributed by atoms with E-state index < -0.39 is 23.3 Å². The summed E-state index contributed by atoms with van der Waals surface area (Å²) in [5, 5.41) is 0. The van der Waals surface area contributed by atoms with Crippen LogP contribution in [0.3, 0.4) is 0 Å². The molecule has 174 valence electrons.